The second-order valence-electron chi connectivity index (χ2n) is 6.81. The first-order chi connectivity index (χ1) is 9.49. The maximum Gasteiger partial charge on any atom is 0.238 e. The van der Waals surface area contributed by atoms with Crippen LogP contribution in [-0.2, 0) is 21.1 Å². The summed E-state index contributed by atoms with van der Waals surface area (Å²) < 4.78 is 28.7. The Morgan fingerprint density at radius 1 is 1.48 bits per heavy atom. The molecule has 1 N–H and O–H groups in total. The van der Waals surface area contributed by atoms with E-state index >= 15 is 0 Å². The van der Waals surface area contributed by atoms with Crippen LogP contribution in [0.15, 0.2) is 10.5 Å². The topological polar surface area (TPSA) is 76.4 Å². The van der Waals surface area contributed by atoms with Crippen LogP contribution in [0.2, 0.25) is 0 Å². The van der Waals surface area contributed by atoms with Crippen LogP contribution < -0.4 is 5.32 Å². The summed E-state index contributed by atoms with van der Waals surface area (Å²) in [4.78, 5) is 12.2. The molecule has 1 aliphatic carbocycles. The van der Waals surface area contributed by atoms with E-state index in [1.54, 1.807) is 0 Å². The van der Waals surface area contributed by atoms with E-state index in [4.69, 9.17) is 4.42 Å². The highest BCUT2D eigenvalue weighted by molar-refractivity contribution is 7.92. The summed E-state index contributed by atoms with van der Waals surface area (Å²) in [6.07, 6.45) is 2.67. The Kier molecular flexibility index (Phi) is 3.95. The molecule has 1 amide bonds. The summed E-state index contributed by atoms with van der Waals surface area (Å²) >= 11 is 0. The third-order valence-corrected chi connectivity index (χ3v) is 5.56. The van der Waals surface area contributed by atoms with Crippen molar-refractivity contribution in [2.24, 2.45) is 5.41 Å². The highest BCUT2D eigenvalue weighted by atomic mass is 32.2. The molecule has 118 valence electrons. The van der Waals surface area contributed by atoms with E-state index in [0.717, 1.165) is 36.2 Å². The predicted octanol–water partition coefficient (Wildman–Crippen LogP) is 2.15. The third kappa shape index (κ3) is 3.48. The lowest BCUT2D eigenvalue weighted by Gasteiger charge is -2.35. The normalized spacial score (nSPS) is 22.4. The Hall–Kier alpha value is -1.30. The van der Waals surface area contributed by atoms with Gasteiger partial charge in [-0.05, 0) is 31.7 Å². The predicted molar refractivity (Wildman–Crippen MR) is 80.7 cm³/mol. The smallest absolute Gasteiger partial charge is 0.238 e. The number of nitrogens with one attached hydrogen (secondary N) is 1. The molecule has 5 nitrogen and oxygen atoms in total. The highest BCUT2D eigenvalue weighted by Crippen LogP contribution is 2.42. The first-order valence-corrected chi connectivity index (χ1v) is 9.03. The SMILES string of the molecule is Cc1cc2c(o1)CC(C)(C)C[C@H]2NC(=O)[C@H](C)S(C)(=O)=O. The van der Waals surface area contributed by atoms with E-state index in [9.17, 15) is 13.2 Å². The van der Waals surface area contributed by atoms with Crippen molar-refractivity contribution < 1.29 is 17.6 Å². The summed E-state index contributed by atoms with van der Waals surface area (Å²) in [5.41, 5.74) is 0.977. The number of sulfone groups is 1. The fraction of sp³-hybridized carbons (Fsp3) is 0.667. The van der Waals surface area contributed by atoms with Crippen LogP contribution >= 0.6 is 0 Å². The highest BCUT2D eigenvalue weighted by Gasteiger charge is 2.37. The number of aryl methyl sites for hydroxylation is 1. The standard InChI is InChI=1S/C15H23NO4S/c1-9-6-11-12(7-15(3,4)8-13(11)20-9)16-14(17)10(2)21(5,18)19/h6,10,12H,7-8H2,1-5H3,(H,16,17)/t10-,12+/m0/s1. The van der Waals surface area contributed by atoms with Crippen LogP contribution in [0.4, 0.5) is 0 Å². The van der Waals surface area contributed by atoms with E-state index in [2.05, 4.69) is 19.2 Å². The molecule has 0 saturated carbocycles. The fourth-order valence-corrected chi connectivity index (χ4v) is 3.25. The molecule has 0 radical (unpaired) electrons. The molecule has 1 aromatic rings. The van der Waals surface area contributed by atoms with E-state index in [0.29, 0.717) is 0 Å². The van der Waals surface area contributed by atoms with Crippen LogP contribution in [0.3, 0.4) is 0 Å². The second-order valence-corrected chi connectivity index (χ2v) is 9.18. The van der Waals surface area contributed by atoms with Gasteiger partial charge in [-0.25, -0.2) is 8.42 Å². The van der Waals surface area contributed by atoms with Crippen LogP contribution in [0.25, 0.3) is 0 Å². The minimum Gasteiger partial charge on any atom is -0.466 e. The molecule has 0 fully saturated rings. The van der Waals surface area contributed by atoms with Crippen molar-refractivity contribution in [1.29, 1.82) is 0 Å². The van der Waals surface area contributed by atoms with Crippen molar-refractivity contribution in [3.8, 4) is 0 Å². The lowest BCUT2D eigenvalue weighted by molar-refractivity contribution is -0.121. The van der Waals surface area contributed by atoms with Gasteiger partial charge in [-0.2, -0.15) is 0 Å². The molecule has 0 aromatic carbocycles. The van der Waals surface area contributed by atoms with Gasteiger partial charge in [-0.1, -0.05) is 13.8 Å². The molecule has 1 aromatic heterocycles. The first kappa shape index (κ1) is 16.1. The molecule has 1 aliphatic rings. The molecular formula is C15H23NO4S. The first-order valence-electron chi connectivity index (χ1n) is 7.08. The lowest BCUT2D eigenvalue weighted by atomic mass is 9.74. The number of furan rings is 1. The van der Waals surface area contributed by atoms with Gasteiger partial charge in [-0.3, -0.25) is 4.79 Å². The van der Waals surface area contributed by atoms with Crippen molar-refractivity contribution in [2.45, 2.75) is 51.8 Å². The number of hydrogen-bond donors (Lipinski definition) is 1. The number of carbonyl (C=O) groups excluding carboxylic acids is 1. The van der Waals surface area contributed by atoms with Gasteiger partial charge >= 0.3 is 0 Å². The Balaban J connectivity index is 2.26. The Morgan fingerprint density at radius 3 is 2.67 bits per heavy atom. The molecule has 0 aliphatic heterocycles. The molecule has 0 unspecified atom stereocenters. The molecule has 2 rings (SSSR count). The largest absolute Gasteiger partial charge is 0.466 e. The summed E-state index contributed by atoms with van der Waals surface area (Å²) in [5.74, 6) is 1.25. The van der Waals surface area contributed by atoms with Crippen molar-refractivity contribution in [3.63, 3.8) is 0 Å². The lowest BCUT2D eigenvalue weighted by Crippen LogP contribution is -2.42. The molecule has 1 heterocycles. The quantitative estimate of drug-likeness (QED) is 0.927. The molecule has 0 saturated heterocycles. The molecule has 21 heavy (non-hydrogen) atoms. The molecule has 6 heteroatoms. The number of fused-ring (bicyclic) bond motifs is 1. The van der Waals surface area contributed by atoms with Crippen molar-refractivity contribution >= 4 is 15.7 Å². The molecular weight excluding hydrogens is 290 g/mol. The van der Waals surface area contributed by atoms with Crippen molar-refractivity contribution in [1.82, 2.24) is 5.32 Å². The maximum atomic E-state index is 12.2. The van der Waals surface area contributed by atoms with E-state index in [-0.39, 0.29) is 11.5 Å². The van der Waals surface area contributed by atoms with E-state index < -0.39 is 21.0 Å². The summed E-state index contributed by atoms with van der Waals surface area (Å²) in [7, 11) is -3.39. The van der Waals surface area contributed by atoms with Crippen molar-refractivity contribution in [2.75, 3.05) is 6.26 Å². The Morgan fingerprint density at radius 2 is 2.10 bits per heavy atom. The number of amides is 1. The maximum absolute atomic E-state index is 12.2. The zero-order valence-electron chi connectivity index (χ0n) is 13.2. The van der Waals surface area contributed by atoms with Crippen LogP contribution in [0.5, 0.6) is 0 Å². The Labute approximate surface area is 126 Å². The minimum absolute atomic E-state index is 0.00354. The van der Waals surface area contributed by atoms with Gasteiger partial charge in [0, 0.05) is 18.2 Å². The van der Waals surface area contributed by atoms with Gasteiger partial charge < -0.3 is 9.73 Å². The van der Waals surface area contributed by atoms with Crippen LogP contribution in [-0.4, -0.2) is 25.8 Å². The van der Waals surface area contributed by atoms with Crippen LogP contribution in [0, 0.1) is 12.3 Å². The van der Waals surface area contributed by atoms with Gasteiger partial charge in [0.05, 0.1) is 6.04 Å². The number of hydrogen-bond acceptors (Lipinski definition) is 4. The molecule has 0 spiro atoms. The van der Waals surface area contributed by atoms with Crippen LogP contribution in [0.1, 0.15) is 50.3 Å². The fourth-order valence-electron chi connectivity index (χ4n) is 2.80. The number of carbonyl (C=O) groups is 1. The molecule has 2 atom stereocenters. The van der Waals surface area contributed by atoms with E-state index in [1.807, 2.05) is 13.0 Å². The average Bonchev–Trinajstić information content (AvgIpc) is 2.65. The number of rotatable bonds is 3. The van der Waals surface area contributed by atoms with Gasteiger partial charge in [0.15, 0.2) is 9.84 Å². The zero-order chi connectivity index (χ0) is 16.0. The van der Waals surface area contributed by atoms with E-state index in [1.165, 1.54) is 6.92 Å². The average molecular weight is 313 g/mol. The van der Waals surface area contributed by atoms with Gasteiger partial charge in [0.1, 0.15) is 16.8 Å². The van der Waals surface area contributed by atoms with Gasteiger partial charge in [0.2, 0.25) is 5.91 Å². The van der Waals surface area contributed by atoms with Gasteiger partial charge in [0.25, 0.3) is 0 Å². The van der Waals surface area contributed by atoms with Crippen molar-refractivity contribution in [3.05, 3.63) is 23.2 Å². The Bertz CT molecular complexity index is 657. The summed E-state index contributed by atoms with van der Waals surface area (Å²) in [5, 5.41) is 1.83. The summed E-state index contributed by atoms with van der Waals surface area (Å²) in [6, 6.07) is 1.73. The third-order valence-electron chi connectivity index (χ3n) is 4.06. The zero-order valence-corrected chi connectivity index (χ0v) is 14.0. The molecule has 0 bridgehead atoms. The van der Waals surface area contributed by atoms with Gasteiger partial charge in [-0.15, -0.1) is 0 Å². The summed E-state index contributed by atoms with van der Waals surface area (Å²) in [6.45, 7) is 7.53. The second kappa shape index (κ2) is 5.16. The minimum atomic E-state index is -3.39. The monoisotopic (exact) mass is 313 g/mol.